The van der Waals surface area contributed by atoms with Crippen LogP contribution in [0.15, 0.2) is 171 Å². The van der Waals surface area contributed by atoms with Gasteiger partial charge in [0, 0.05) is 53.9 Å². The monoisotopic (exact) mass is 616 g/mol. The summed E-state index contributed by atoms with van der Waals surface area (Å²) >= 11 is 0. The zero-order valence-electron chi connectivity index (χ0n) is 25.8. The summed E-state index contributed by atoms with van der Waals surface area (Å²) in [7, 11) is 0. The summed E-state index contributed by atoms with van der Waals surface area (Å²) in [6.45, 7) is 0. The lowest BCUT2D eigenvalue weighted by molar-refractivity contribution is 1.17. The summed E-state index contributed by atoms with van der Waals surface area (Å²) in [6, 6.07) is 41.1. The molecule has 0 aliphatic heterocycles. The van der Waals surface area contributed by atoms with Crippen molar-refractivity contribution in [1.29, 1.82) is 0 Å². The van der Waals surface area contributed by atoms with Crippen LogP contribution < -0.4 is 0 Å². The Morgan fingerprint density at radius 2 is 0.396 bits per heavy atom. The van der Waals surface area contributed by atoms with Gasteiger partial charge in [0.25, 0.3) is 0 Å². The average Bonchev–Trinajstić information content (AvgIpc) is 3.19. The van der Waals surface area contributed by atoms with Crippen LogP contribution in [0.2, 0.25) is 0 Å². The van der Waals surface area contributed by atoms with Gasteiger partial charge in [0.15, 0.2) is 0 Å². The van der Waals surface area contributed by atoms with E-state index in [1.807, 2.05) is 37.2 Å². The Bertz CT molecular complexity index is 2200. The van der Waals surface area contributed by atoms with Crippen molar-refractivity contribution in [2.75, 3.05) is 0 Å². The first kappa shape index (κ1) is 28.8. The largest absolute Gasteiger partial charge is 0.244 e. The van der Waals surface area contributed by atoms with Gasteiger partial charge in [-0.25, -0.2) is 29.9 Å². The molecule has 48 heavy (non-hydrogen) atoms. The topological polar surface area (TPSA) is 77.3 Å². The van der Waals surface area contributed by atoms with Crippen LogP contribution in [0.1, 0.15) is 0 Å². The molecule has 0 saturated heterocycles. The second-order valence-corrected chi connectivity index (χ2v) is 11.5. The lowest BCUT2D eigenvalue weighted by Gasteiger charge is -2.13. The molecule has 6 nitrogen and oxygen atoms in total. The molecular weight excluding hydrogens is 589 g/mol. The van der Waals surface area contributed by atoms with Crippen LogP contribution in [0, 0.1) is 0 Å². The van der Waals surface area contributed by atoms with Crippen molar-refractivity contribution in [3.63, 3.8) is 0 Å². The highest BCUT2D eigenvalue weighted by Crippen LogP contribution is 2.36. The molecule has 8 rings (SSSR count). The number of hydrogen-bond donors (Lipinski definition) is 0. The van der Waals surface area contributed by atoms with Gasteiger partial charge in [-0.1, -0.05) is 72.8 Å². The van der Waals surface area contributed by atoms with Gasteiger partial charge < -0.3 is 0 Å². The first-order valence-corrected chi connectivity index (χ1v) is 15.6. The van der Waals surface area contributed by atoms with Gasteiger partial charge in [-0.2, -0.15) is 0 Å². The van der Waals surface area contributed by atoms with Crippen LogP contribution >= 0.6 is 0 Å². The molecule has 3 heterocycles. The molecule has 0 N–H and O–H groups in total. The van der Waals surface area contributed by atoms with Gasteiger partial charge in [0.1, 0.15) is 19.0 Å². The number of benzene rings is 5. The van der Waals surface area contributed by atoms with Crippen molar-refractivity contribution < 1.29 is 0 Å². The molecule has 3 aromatic heterocycles. The van der Waals surface area contributed by atoms with Crippen molar-refractivity contribution >= 4 is 0 Å². The van der Waals surface area contributed by atoms with Crippen molar-refractivity contribution in [2.24, 2.45) is 0 Å². The van der Waals surface area contributed by atoms with Gasteiger partial charge >= 0.3 is 0 Å². The van der Waals surface area contributed by atoms with Gasteiger partial charge in [0.2, 0.25) is 0 Å². The summed E-state index contributed by atoms with van der Waals surface area (Å²) in [6.07, 6.45) is 15.7. The minimum atomic E-state index is 0.962. The van der Waals surface area contributed by atoms with E-state index < -0.39 is 0 Å². The van der Waals surface area contributed by atoms with E-state index in [1.165, 1.54) is 0 Å². The molecule has 8 aromatic rings. The smallest absolute Gasteiger partial charge is 0.115 e. The van der Waals surface area contributed by atoms with Gasteiger partial charge in [-0.15, -0.1) is 0 Å². The molecule has 226 valence electrons. The fourth-order valence-electron chi connectivity index (χ4n) is 5.99. The quantitative estimate of drug-likeness (QED) is 0.177. The molecule has 0 atom stereocenters. The summed E-state index contributed by atoms with van der Waals surface area (Å²) in [5.41, 5.74) is 15.1. The molecule has 5 aromatic carbocycles. The highest BCUT2D eigenvalue weighted by molar-refractivity contribution is 5.84. The molecule has 0 spiro atoms. The molecule has 6 heteroatoms. The minimum absolute atomic E-state index is 0.962. The predicted molar refractivity (Wildman–Crippen MR) is 191 cm³/mol. The standard InChI is InChI=1S/C42H28N6/c1-5-29(31-7-3-11-35(15-31)40-20-43-26-44-21-40)13-33(9-1)37-17-38(19-39(18-37)42-24-47-28-48-25-42)34-10-2-6-30(14-34)32-8-4-12-36(16-32)41-22-45-27-46-23-41/h1-28H. The molecule has 0 fully saturated rings. The second kappa shape index (κ2) is 13.0. The van der Waals surface area contributed by atoms with Gasteiger partial charge in [-0.3, -0.25) is 0 Å². The maximum Gasteiger partial charge on any atom is 0.115 e. The van der Waals surface area contributed by atoms with Crippen molar-refractivity contribution in [1.82, 2.24) is 29.9 Å². The second-order valence-electron chi connectivity index (χ2n) is 11.5. The molecule has 0 amide bonds. The molecule has 0 aliphatic carbocycles. The maximum atomic E-state index is 4.31. The van der Waals surface area contributed by atoms with Crippen molar-refractivity contribution in [3.05, 3.63) is 171 Å². The molecule has 0 aliphatic rings. The van der Waals surface area contributed by atoms with Crippen LogP contribution in [0.4, 0.5) is 0 Å². The first-order valence-electron chi connectivity index (χ1n) is 15.6. The average molecular weight is 617 g/mol. The number of nitrogens with zero attached hydrogens (tertiary/aromatic N) is 6. The SMILES string of the molecule is c1cc(-c2cncnc2)cc(-c2cccc(-c3cc(-c4cncnc4)cc(-c4cccc(-c5cccc(-c6cncnc6)c5)c4)c3)c2)c1. The van der Waals surface area contributed by atoms with Crippen LogP contribution in [0.25, 0.3) is 77.9 Å². The molecule has 0 unspecified atom stereocenters. The maximum absolute atomic E-state index is 4.31. The third-order valence-electron chi connectivity index (χ3n) is 8.40. The Balaban J connectivity index is 1.20. The van der Waals surface area contributed by atoms with Crippen molar-refractivity contribution in [3.8, 4) is 77.9 Å². The highest BCUT2D eigenvalue weighted by Gasteiger charge is 2.11. The van der Waals surface area contributed by atoms with Crippen LogP contribution in [-0.4, -0.2) is 29.9 Å². The third kappa shape index (κ3) is 6.10. The third-order valence-corrected chi connectivity index (χ3v) is 8.40. The van der Waals surface area contributed by atoms with E-state index in [9.17, 15) is 0 Å². The van der Waals surface area contributed by atoms with Crippen LogP contribution in [0.3, 0.4) is 0 Å². The van der Waals surface area contributed by atoms with E-state index in [-0.39, 0.29) is 0 Å². The van der Waals surface area contributed by atoms with Crippen LogP contribution in [0.5, 0.6) is 0 Å². The van der Waals surface area contributed by atoms with E-state index in [4.69, 9.17) is 0 Å². The van der Waals surface area contributed by atoms with Gasteiger partial charge in [-0.05, 0) is 104 Å². The lowest BCUT2D eigenvalue weighted by Crippen LogP contribution is -1.89. The summed E-state index contributed by atoms with van der Waals surface area (Å²) < 4.78 is 0. The number of hydrogen-bond acceptors (Lipinski definition) is 6. The minimum Gasteiger partial charge on any atom is -0.244 e. The first-order chi connectivity index (χ1) is 23.8. The van der Waals surface area contributed by atoms with E-state index in [2.05, 4.69) is 145 Å². The fraction of sp³-hybridized carbons (Fsp3) is 0. The molecule has 0 bridgehead atoms. The Morgan fingerprint density at radius 3 is 0.688 bits per heavy atom. The van der Waals surface area contributed by atoms with E-state index in [0.29, 0.717) is 0 Å². The molecule has 0 radical (unpaired) electrons. The Morgan fingerprint density at radius 1 is 0.208 bits per heavy atom. The summed E-state index contributed by atoms with van der Waals surface area (Å²) in [5.74, 6) is 0. The Hall–Kier alpha value is -6.66. The molecular formula is C42H28N6. The van der Waals surface area contributed by atoms with Crippen molar-refractivity contribution in [2.45, 2.75) is 0 Å². The van der Waals surface area contributed by atoms with E-state index >= 15 is 0 Å². The zero-order chi connectivity index (χ0) is 32.1. The Kier molecular flexibility index (Phi) is 7.79. The highest BCUT2D eigenvalue weighted by atomic mass is 14.8. The fourth-order valence-corrected chi connectivity index (χ4v) is 5.99. The predicted octanol–water partition coefficient (Wildman–Crippen LogP) is 9.73. The Labute approximate surface area is 278 Å². The summed E-state index contributed by atoms with van der Waals surface area (Å²) in [4.78, 5) is 25.4. The number of rotatable bonds is 7. The lowest BCUT2D eigenvalue weighted by atomic mass is 9.91. The van der Waals surface area contributed by atoms with Crippen LogP contribution in [-0.2, 0) is 0 Å². The number of aromatic nitrogens is 6. The van der Waals surface area contributed by atoms with Gasteiger partial charge in [0.05, 0.1) is 0 Å². The van der Waals surface area contributed by atoms with E-state index in [1.54, 1.807) is 19.0 Å². The summed E-state index contributed by atoms with van der Waals surface area (Å²) in [5, 5.41) is 0. The molecule has 0 saturated carbocycles. The van der Waals surface area contributed by atoms with E-state index in [0.717, 1.165) is 77.9 Å². The normalized spacial score (nSPS) is 10.9. The zero-order valence-corrected chi connectivity index (χ0v) is 25.8.